The first-order valence-corrected chi connectivity index (χ1v) is 4.46. The number of hydrogen-bond acceptors (Lipinski definition) is 3. The summed E-state index contributed by atoms with van der Waals surface area (Å²) in [5, 5.41) is 0. The van der Waals surface area contributed by atoms with Crippen LogP contribution in [0.2, 0.25) is 0 Å². The number of amides is 1. The zero-order chi connectivity index (χ0) is 13.1. The maximum absolute atomic E-state index is 12.5. The number of benzene rings is 1. The second-order valence-electron chi connectivity index (χ2n) is 3.07. The quantitative estimate of drug-likeness (QED) is 0.771. The van der Waals surface area contributed by atoms with Crippen molar-refractivity contribution >= 4 is 11.9 Å². The predicted octanol–water partition coefficient (Wildman–Crippen LogP) is 1.91. The van der Waals surface area contributed by atoms with Gasteiger partial charge in [0.1, 0.15) is 0 Å². The molecule has 0 spiro atoms. The Kier molecular flexibility index (Phi) is 3.72. The Balaban J connectivity index is 2.98. The van der Waals surface area contributed by atoms with Crippen molar-refractivity contribution < 1.29 is 27.6 Å². The van der Waals surface area contributed by atoms with Crippen LogP contribution in [0, 0.1) is 0 Å². The highest BCUT2D eigenvalue weighted by Gasteiger charge is 2.34. The van der Waals surface area contributed by atoms with Crippen LogP contribution >= 0.6 is 0 Å². The predicted molar refractivity (Wildman–Crippen MR) is 50.7 cm³/mol. The Morgan fingerprint density at radius 2 is 1.82 bits per heavy atom. The summed E-state index contributed by atoms with van der Waals surface area (Å²) in [6.45, 7) is 1.01. The number of carbonyl (C=O) groups is 2. The average Bonchev–Trinajstić information content (AvgIpc) is 2.24. The van der Waals surface area contributed by atoms with Crippen molar-refractivity contribution in [1.29, 1.82) is 0 Å². The lowest BCUT2D eigenvalue weighted by molar-refractivity contribution is -0.146. The van der Waals surface area contributed by atoms with Gasteiger partial charge in [0.15, 0.2) is 0 Å². The molecule has 92 valence electrons. The van der Waals surface area contributed by atoms with Gasteiger partial charge in [0.05, 0.1) is 11.1 Å². The van der Waals surface area contributed by atoms with E-state index in [1.54, 1.807) is 5.48 Å². The molecule has 0 radical (unpaired) electrons. The van der Waals surface area contributed by atoms with Crippen LogP contribution in [-0.4, -0.2) is 11.9 Å². The van der Waals surface area contributed by atoms with Crippen LogP contribution < -0.4 is 5.48 Å². The first-order valence-electron chi connectivity index (χ1n) is 4.46. The smallest absolute Gasteiger partial charge is 0.341 e. The van der Waals surface area contributed by atoms with Crippen LogP contribution in [0.1, 0.15) is 22.8 Å². The van der Waals surface area contributed by atoms with Crippen LogP contribution in [0.15, 0.2) is 24.3 Å². The van der Waals surface area contributed by atoms with Gasteiger partial charge in [0.2, 0.25) is 0 Å². The van der Waals surface area contributed by atoms with E-state index in [1.807, 2.05) is 0 Å². The molecule has 0 aliphatic heterocycles. The van der Waals surface area contributed by atoms with E-state index < -0.39 is 29.2 Å². The molecule has 0 aromatic heterocycles. The molecule has 4 nitrogen and oxygen atoms in total. The van der Waals surface area contributed by atoms with Crippen molar-refractivity contribution in [2.45, 2.75) is 13.1 Å². The number of carbonyl (C=O) groups excluding carboxylic acids is 2. The molecule has 7 heteroatoms. The Bertz CT molecular complexity index is 443. The van der Waals surface area contributed by atoms with Gasteiger partial charge in [-0.25, -0.2) is 0 Å². The molecule has 1 N–H and O–H groups in total. The van der Waals surface area contributed by atoms with Gasteiger partial charge < -0.3 is 4.84 Å². The van der Waals surface area contributed by atoms with E-state index in [1.165, 1.54) is 6.07 Å². The summed E-state index contributed by atoms with van der Waals surface area (Å²) >= 11 is 0. The van der Waals surface area contributed by atoms with Gasteiger partial charge >= 0.3 is 12.1 Å². The van der Waals surface area contributed by atoms with Crippen molar-refractivity contribution in [3.63, 3.8) is 0 Å². The molecule has 0 fully saturated rings. The Morgan fingerprint density at radius 1 is 1.24 bits per heavy atom. The number of alkyl halides is 3. The van der Waals surface area contributed by atoms with E-state index in [2.05, 4.69) is 4.84 Å². The third kappa shape index (κ3) is 3.47. The van der Waals surface area contributed by atoms with E-state index in [-0.39, 0.29) is 0 Å². The molecular weight excluding hydrogens is 239 g/mol. The number of nitrogens with one attached hydrogen (secondary N) is 1. The SMILES string of the molecule is CC(=O)ONC(=O)c1ccccc1C(F)(F)F. The summed E-state index contributed by atoms with van der Waals surface area (Å²) in [6, 6.07) is 4.19. The van der Waals surface area contributed by atoms with Crippen molar-refractivity contribution in [3.05, 3.63) is 35.4 Å². The second-order valence-corrected chi connectivity index (χ2v) is 3.07. The molecule has 1 aromatic carbocycles. The standard InChI is InChI=1S/C10H8F3NO3/c1-6(15)17-14-9(16)7-4-2-3-5-8(7)10(11,12)13/h2-5H,1H3,(H,14,16). The third-order valence-electron chi connectivity index (χ3n) is 1.76. The Morgan fingerprint density at radius 3 is 2.35 bits per heavy atom. The highest BCUT2D eigenvalue weighted by Crippen LogP contribution is 2.31. The van der Waals surface area contributed by atoms with Gasteiger partial charge in [-0.3, -0.25) is 9.59 Å². The number of hydrogen-bond donors (Lipinski definition) is 1. The first-order chi connectivity index (χ1) is 7.82. The minimum absolute atomic E-state index is 0.610. The van der Waals surface area contributed by atoms with Gasteiger partial charge in [0, 0.05) is 6.92 Å². The molecule has 0 atom stereocenters. The van der Waals surface area contributed by atoms with Crippen LogP contribution in [-0.2, 0) is 15.8 Å². The number of halogens is 3. The lowest BCUT2D eigenvalue weighted by atomic mass is 10.1. The summed E-state index contributed by atoms with van der Waals surface area (Å²) in [7, 11) is 0. The second kappa shape index (κ2) is 4.86. The zero-order valence-corrected chi connectivity index (χ0v) is 8.67. The van der Waals surface area contributed by atoms with Gasteiger partial charge in [-0.2, -0.15) is 18.7 Å². The van der Waals surface area contributed by atoms with E-state index in [9.17, 15) is 22.8 Å². The number of hydroxylamine groups is 1. The summed E-state index contributed by atoms with van der Waals surface area (Å²) in [5.41, 5.74) is -0.0805. The van der Waals surface area contributed by atoms with E-state index in [0.29, 0.717) is 0 Å². The highest BCUT2D eigenvalue weighted by atomic mass is 19.4. The lowest BCUT2D eigenvalue weighted by Gasteiger charge is -2.11. The van der Waals surface area contributed by atoms with Crippen molar-refractivity contribution in [1.82, 2.24) is 5.48 Å². The molecule has 0 bridgehead atoms. The minimum Gasteiger partial charge on any atom is -0.341 e. The van der Waals surface area contributed by atoms with E-state index >= 15 is 0 Å². The average molecular weight is 247 g/mol. The molecule has 17 heavy (non-hydrogen) atoms. The molecule has 0 unspecified atom stereocenters. The fourth-order valence-electron chi connectivity index (χ4n) is 1.10. The highest BCUT2D eigenvalue weighted by molar-refractivity contribution is 5.95. The zero-order valence-electron chi connectivity index (χ0n) is 8.67. The van der Waals surface area contributed by atoms with Gasteiger partial charge in [-0.1, -0.05) is 12.1 Å². The molecule has 0 saturated carbocycles. The van der Waals surface area contributed by atoms with Crippen molar-refractivity contribution in [3.8, 4) is 0 Å². The van der Waals surface area contributed by atoms with Crippen molar-refractivity contribution in [2.75, 3.05) is 0 Å². The third-order valence-corrected chi connectivity index (χ3v) is 1.76. The maximum Gasteiger partial charge on any atom is 0.417 e. The first kappa shape index (κ1) is 13.0. The molecule has 1 amide bonds. The van der Waals surface area contributed by atoms with E-state index in [0.717, 1.165) is 25.1 Å². The van der Waals surface area contributed by atoms with Gasteiger partial charge in [-0.05, 0) is 12.1 Å². The van der Waals surface area contributed by atoms with Gasteiger partial charge in [0.25, 0.3) is 5.91 Å². The summed E-state index contributed by atoms with van der Waals surface area (Å²) in [4.78, 5) is 25.9. The number of rotatable bonds is 1. The van der Waals surface area contributed by atoms with Crippen LogP contribution in [0.3, 0.4) is 0 Å². The monoisotopic (exact) mass is 247 g/mol. The van der Waals surface area contributed by atoms with Crippen LogP contribution in [0.25, 0.3) is 0 Å². The fourth-order valence-corrected chi connectivity index (χ4v) is 1.10. The molecule has 1 aromatic rings. The molecule has 0 aliphatic rings. The van der Waals surface area contributed by atoms with Crippen LogP contribution in [0.5, 0.6) is 0 Å². The Hall–Kier alpha value is -2.05. The molecular formula is C10H8F3NO3. The minimum atomic E-state index is -4.65. The molecule has 1 rings (SSSR count). The Labute approximate surface area is 94.3 Å². The summed E-state index contributed by atoms with van der Waals surface area (Å²) in [5.74, 6) is -1.96. The topological polar surface area (TPSA) is 55.4 Å². The summed E-state index contributed by atoms with van der Waals surface area (Å²) < 4.78 is 37.6. The van der Waals surface area contributed by atoms with Crippen LogP contribution in [0.4, 0.5) is 13.2 Å². The molecule has 0 aliphatic carbocycles. The molecule has 0 saturated heterocycles. The fraction of sp³-hybridized carbons (Fsp3) is 0.200. The van der Waals surface area contributed by atoms with Gasteiger partial charge in [-0.15, -0.1) is 0 Å². The maximum atomic E-state index is 12.5. The summed E-state index contributed by atoms with van der Waals surface area (Å²) in [6.07, 6.45) is -4.65. The van der Waals surface area contributed by atoms with E-state index in [4.69, 9.17) is 0 Å². The van der Waals surface area contributed by atoms with Crippen molar-refractivity contribution in [2.24, 2.45) is 0 Å². The lowest BCUT2D eigenvalue weighted by Crippen LogP contribution is -2.28. The largest absolute Gasteiger partial charge is 0.417 e. The molecule has 0 heterocycles. The normalized spacial score (nSPS) is 10.8.